The zero-order chi connectivity index (χ0) is 17.8. The van der Waals surface area contributed by atoms with Crippen molar-refractivity contribution in [2.24, 2.45) is 0 Å². The van der Waals surface area contributed by atoms with E-state index in [1.54, 1.807) is 18.2 Å². The number of carbonyl (C=O) groups excluding carboxylic acids is 1. The zero-order valence-electron chi connectivity index (χ0n) is 12.5. The summed E-state index contributed by atoms with van der Waals surface area (Å²) in [5, 5.41) is 17.6. The molecule has 0 unspecified atom stereocenters. The van der Waals surface area contributed by atoms with E-state index in [0.717, 1.165) is 6.20 Å². The second kappa shape index (κ2) is 5.30. The molecular weight excluding hydrogens is 343 g/mol. The minimum atomic E-state index is -4.58. The van der Waals surface area contributed by atoms with E-state index in [9.17, 15) is 23.1 Å². The van der Waals surface area contributed by atoms with Crippen molar-refractivity contribution < 1.29 is 32.5 Å². The predicted molar refractivity (Wildman–Crippen MR) is 75.2 cm³/mol. The summed E-state index contributed by atoms with van der Waals surface area (Å²) < 4.78 is 51.4. The van der Waals surface area contributed by atoms with Gasteiger partial charge in [-0.25, -0.2) is 4.68 Å². The number of rotatable bonds is 2. The summed E-state index contributed by atoms with van der Waals surface area (Å²) in [4.78, 5) is 11.2. The van der Waals surface area contributed by atoms with Crippen molar-refractivity contribution >= 4 is 11.8 Å². The summed E-state index contributed by atoms with van der Waals surface area (Å²) in [7, 11) is 0. The maximum Gasteiger partial charge on any atom is 0.410 e. The summed E-state index contributed by atoms with van der Waals surface area (Å²) in [5.41, 5.74) is 0.106. The van der Waals surface area contributed by atoms with E-state index in [-0.39, 0.29) is 19.0 Å². The summed E-state index contributed by atoms with van der Waals surface area (Å²) in [6.07, 6.45) is -4.07. The van der Waals surface area contributed by atoms with Crippen molar-refractivity contribution in [1.29, 1.82) is 0 Å². The molecule has 10 heteroatoms. The van der Waals surface area contributed by atoms with E-state index < -0.39 is 29.8 Å². The molecule has 2 aliphatic heterocycles. The van der Waals surface area contributed by atoms with Crippen LogP contribution in [0, 0.1) is 0 Å². The standard InChI is InChI=1S/C15H12F3N3O4/c16-15(17,18)12-4-9(7-1-2-10-11(3-7)25-6-24-10)20-13-8(14(22)23)5-19-21(12)13/h1-3,5,9,12,20H,4,6H2,(H,22,23)/p-1/t9-,12-/m0/s1. The van der Waals surface area contributed by atoms with Gasteiger partial charge in [0.1, 0.15) is 5.82 Å². The Labute approximate surface area is 139 Å². The van der Waals surface area contributed by atoms with Gasteiger partial charge in [0, 0.05) is 6.42 Å². The molecule has 2 atom stereocenters. The van der Waals surface area contributed by atoms with Crippen LogP contribution in [-0.2, 0) is 0 Å². The van der Waals surface area contributed by atoms with Gasteiger partial charge in [0.05, 0.1) is 23.8 Å². The van der Waals surface area contributed by atoms with Crippen molar-refractivity contribution in [2.75, 3.05) is 12.1 Å². The Kier molecular flexibility index (Phi) is 3.31. The van der Waals surface area contributed by atoms with Gasteiger partial charge in [-0.15, -0.1) is 0 Å². The van der Waals surface area contributed by atoms with Gasteiger partial charge in [0.15, 0.2) is 17.5 Å². The quantitative estimate of drug-likeness (QED) is 0.882. The average Bonchev–Trinajstić information content (AvgIpc) is 3.18. The molecular formula is C15H11F3N3O4-. The van der Waals surface area contributed by atoms with Crippen LogP contribution in [0.4, 0.5) is 19.0 Å². The van der Waals surface area contributed by atoms with Crippen LogP contribution in [0.2, 0.25) is 0 Å². The van der Waals surface area contributed by atoms with Crippen molar-refractivity contribution in [3.63, 3.8) is 0 Å². The number of carbonyl (C=O) groups is 1. The number of nitrogens with zero attached hydrogens (tertiary/aromatic N) is 2. The third kappa shape index (κ3) is 2.53. The lowest BCUT2D eigenvalue weighted by atomic mass is 9.96. The number of nitrogens with one attached hydrogen (secondary N) is 1. The van der Waals surface area contributed by atoms with Crippen LogP contribution in [0.25, 0.3) is 0 Å². The number of carboxylic acid groups (broad SMARTS) is 1. The Morgan fingerprint density at radius 1 is 1.32 bits per heavy atom. The van der Waals surface area contributed by atoms with Gasteiger partial charge < -0.3 is 24.7 Å². The van der Waals surface area contributed by atoms with Crippen molar-refractivity contribution in [1.82, 2.24) is 9.78 Å². The number of halogens is 3. The van der Waals surface area contributed by atoms with Crippen LogP contribution in [0.15, 0.2) is 24.4 Å². The second-order valence-corrected chi connectivity index (χ2v) is 5.74. The van der Waals surface area contributed by atoms with Crippen molar-refractivity contribution in [2.45, 2.75) is 24.7 Å². The monoisotopic (exact) mass is 354 g/mol. The predicted octanol–water partition coefficient (Wildman–Crippen LogP) is 1.64. The summed E-state index contributed by atoms with van der Waals surface area (Å²) in [6.45, 7) is 0.0453. The molecule has 25 heavy (non-hydrogen) atoms. The van der Waals surface area contributed by atoms with Gasteiger partial charge in [-0.3, -0.25) is 0 Å². The number of fused-ring (bicyclic) bond motifs is 2. The first-order valence-corrected chi connectivity index (χ1v) is 7.36. The number of benzene rings is 1. The van der Waals surface area contributed by atoms with E-state index in [1.165, 1.54) is 0 Å². The lowest BCUT2D eigenvalue weighted by molar-refractivity contribution is -0.255. The highest BCUT2D eigenvalue weighted by atomic mass is 19.4. The topological polar surface area (TPSA) is 88.4 Å². The minimum absolute atomic E-state index is 0.0453. The van der Waals surface area contributed by atoms with Crippen LogP contribution < -0.4 is 19.9 Å². The number of carboxylic acids is 1. The van der Waals surface area contributed by atoms with E-state index in [1.807, 2.05) is 0 Å². The fraction of sp³-hybridized carbons (Fsp3) is 0.333. The molecule has 0 saturated carbocycles. The van der Waals surface area contributed by atoms with Crippen LogP contribution in [0.1, 0.15) is 34.4 Å². The molecule has 3 heterocycles. The molecule has 0 amide bonds. The minimum Gasteiger partial charge on any atom is -0.545 e. The Balaban J connectivity index is 1.76. The first kappa shape index (κ1) is 15.6. The maximum absolute atomic E-state index is 13.4. The highest BCUT2D eigenvalue weighted by molar-refractivity contribution is 5.91. The third-order valence-electron chi connectivity index (χ3n) is 4.26. The van der Waals surface area contributed by atoms with Crippen molar-refractivity contribution in [3.05, 3.63) is 35.5 Å². The number of aromatic nitrogens is 2. The lowest BCUT2D eigenvalue weighted by Crippen LogP contribution is -2.36. The SMILES string of the molecule is O=C([O-])c1cnn2c1N[C@H](c1ccc3c(c1)OCO3)C[C@H]2C(F)(F)F. The Bertz CT molecular complexity index is 849. The Morgan fingerprint density at radius 3 is 2.80 bits per heavy atom. The second-order valence-electron chi connectivity index (χ2n) is 5.74. The van der Waals surface area contributed by atoms with Gasteiger partial charge >= 0.3 is 6.18 Å². The fourth-order valence-corrected chi connectivity index (χ4v) is 3.06. The van der Waals surface area contributed by atoms with Crippen LogP contribution >= 0.6 is 0 Å². The van der Waals surface area contributed by atoms with Crippen molar-refractivity contribution in [3.8, 4) is 11.5 Å². The molecule has 1 aromatic carbocycles. The summed E-state index contributed by atoms with van der Waals surface area (Å²) >= 11 is 0. The van der Waals surface area contributed by atoms with E-state index in [0.29, 0.717) is 21.7 Å². The molecule has 0 radical (unpaired) electrons. The highest BCUT2D eigenvalue weighted by Crippen LogP contribution is 2.45. The van der Waals surface area contributed by atoms with Gasteiger partial charge in [-0.2, -0.15) is 18.3 Å². The third-order valence-corrected chi connectivity index (χ3v) is 4.26. The Morgan fingerprint density at radius 2 is 2.08 bits per heavy atom. The number of hydrogen-bond donors (Lipinski definition) is 1. The molecule has 2 aliphatic rings. The lowest BCUT2D eigenvalue weighted by Gasteiger charge is -2.34. The maximum atomic E-state index is 13.4. The van der Waals surface area contributed by atoms with E-state index in [2.05, 4.69) is 10.4 Å². The number of alkyl halides is 3. The van der Waals surface area contributed by atoms with Gasteiger partial charge in [0.2, 0.25) is 6.79 Å². The molecule has 132 valence electrons. The van der Waals surface area contributed by atoms with Crippen LogP contribution in [-0.4, -0.2) is 28.7 Å². The molecule has 1 N–H and O–H groups in total. The molecule has 1 aromatic heterocycles. The van der Waals surface area contributed by atoms with Crippen LogP contribution in [0.5, 0.6) is 11.5 Å². The van der Waals surface area contributed by atoms with Crippen LogP contribution in [0.3, 0.4) is 0 Å². The fourth-order valence-electron chi connectivity index (χ4n) is 3.06. The van der Waals surface area contributed by atoms with Gasteiger partial charge in [-0.05, 0) is 17.7 Å². The first-order chi connectivity index (χ1) is 11.8. The molecule has 0 saturated heterocycles. The number of anilines is 1. The summed E-state index contributed by atoms with van der Waals surface area (Å²) in [5.74, 6) is -0.883. The number of hydrogen-bond acceptors (Lipinski definition) is 6. The molecule has 0 bridgehead atoms. The Hall–Kier alpha value is -2.91. The normalized spacial score (nSPS) is 21.6. The molecule has 7 nitrogen and oxygen atoms in total. The zero-order valence-corrected chi connectivity index (χ0v) is 12.5. The largest absolute Gasteiger partial charge is 0.545 e. The van der Waals surface area contributed by atoms with E-state index in [4.69, 9.17) is 9.47 Å². The molecule has 0 fully saturated rings. The molecule has 0 spiro atoms. The number of aromatic carboxylic acids is 1. The first-order valence-electron chi connectivity index (χ1n) is 7.36. The number of ether oxygens (including phenoxy) is 2. The average molecular weight is 354 g/mol. The van der Waals surface area contributed by atoms with Gasteiger partial charge in [0.25, 0.3) is 0 Å². The molecule has 0 aliphatic carbocycles. The van der Waals surface area contributed by atoms with Gasteiger partial charge in [-0.1, -0.05) is 6.07 Å². The molecule has 4 rings (SSSR count). The molecule has 2 aromatic rings. The van der Waals surface area contributed by atoms with E-state index >= 15 is 0 Å². The summed E-state index contributed by atoms with van der Waals surface area (Å²) in [6, 6.07) is 2.07. The smallest absolute Gasteiger partial charge is 0.410 e. The highest BCUT2D eigenvalue weighted by Gasteiger charge is 2.47.